The van der Waals surface area contributed by atoms with Crippen LogP contribution < -0.4 is 5.56 Å². The molecule has 0 spiro atoms. The molecule has 0 N–H and O–H groups in total. The van der Waals surface area contributed by atoms with E-state index in [-0.39, 0.29) is 5.56 Å². The first kappa shape index (κ1) is 14.7. The number of fused-ring (bicyclic) bond motifs is 1. The lowest BCUT2D eigenvalue weighted by atomic mass is 10.1. The minimum atomic E-state index is -0.110. The lowest BCUT2D eigenvalue weighted by Crippen LogP contribution is -2.21. The van der Waals surface area contributed by atoms with E-state index >= 15 is 0 Å². The summed E-state index contributed by atoms with van der Waals surface area (Å²) in [4.78, 5) is 17.8. The van der Waals surface area contributed by atoms with E-state index in [4.69, 9.17) is 16.6 Å². The van der Waals surface area contributed by atoms with Crippen molar-refractivity contribution in [3.8, 4) is 17.1 Å². The van der Waals surface area contributed by atoms with Gasteiger partial charge in [0, 0.05) is 10.6 Å². The molecule has 4 rings (SSSR count). The van der Waals surface area contributed by atoms with Gasteiger partial charge in [-0.1, -0.05) is 60.1 Å². The molecule has 116 valence electrons. The van der Waals surface area contributed by atoms with E-state index in [1.165, 1.54) is 0 Å². The zero-order valence-electron chi connectivity index (χ0n) is 12.7. The molecule has 0 atom stereocenters. The van der Waals surface area contributed by atoms with Crippen LogP contribution in [0.3, 0.4) is 0 Å². The molecule has 3 nitrogen and oxygen atoms in total. The molecule has 0 unspecified atom stereocenters. The van der Waals surface area contributed by atoms with Crippen molar-refractivity contribution in [2.75, 3.05) is 0 Å². The van der Waals surface area contributed by atoms with Crippen LogP contribution in [-0.2, 0) is 0 Å². The van der Waals surface area contributed by atoms with Crippen molar-refractivity contribution in [3.63, 3.8) is 0 Å². The van der Waals surface area contributed by atoms with Gasteiger partial charge in [-0.2, -0.15) is 0 Å². The summed E-state index contributed by atoms with van der Waals surface area (Å²) in [5.74, 6) is 0.599. The van der Waals surface area contributed by atoms with Crippen molar-refractivity contribution in [1.82, 2.24) is 9.55 Å². The quantitative estimate of drug-likeness (QED) is 0.533. The van der Waals surface area contributed by atoms with Gasteiger partial charge in [0.2, 0.25) is 0 Å². The predicted molar refractivity (Wildman–Crippen MR) is 97.8 cm³/mol. The number of rotatable bonds is 2. The molecular weight excluding hydrogens is 320 g/mol. The number of halogens is 1. The van der Waals surface area contributed by atoms with E-state index in [0.717, 1.165) is 5.56 Å². The van der Waals surface area contributed by atoms with Crippen LogP contribution in [0.4, 0.5) is 0 Å². The second-order valence-corrected chi connectivity index (χ2v) is 5.88. The number of hydrogen-bond acceptors (Lipinski definition) is 2. The smallest absolute Gasteiger partial charge is 0.266 e. The van der Waals surface area contributed by atoms with E-state index in [0.29, 0.717) is 27.4 Å². The Balaban J connectivity index is 2.13. The van der Waals surface area contributed by atoms with Crippen LogP contribution in [0, 0.1) is 0 Å². The summed E-state index contributed by atoms with van der Waals surface area (Å²) in [6.07, 6.45) is 0. The third kappa shape index (κ3) is 2.49. The average molecular weight is 333 g/mol. The Hall–Kier alpha value is -2.91. The maximum absolute atomic E-state index is 13.1. The summed E-state index contributed by atoms with van der Waals surface area (Å²) in [5, 5.41) is 1.16. The minimum Gasteiger partial charge on any atom is -0.268 e. The van der Waals surface area contributed by atoms with Crippen molar-refractivity contribution in [2.24, 2.45) is 0 Å². The van der Waals surface area contributed by atoms with Crippen LogP contribution >= 0.6 is 11.6 Å². The molecule has 0 aliphatic heterocycles. The van der Waals surface area contributed by atoms with Gasteiger partial charge in [-0.25, -0.2) is 4.98 Å². The first-order valence-corrected chi connectivity index (χ1v) is 7.95. The lowest BCUT2D eigenvalue weighted by molar-refractivity contribution is 0.976. The largest absolute Gasteiger partial charge is 0.268 e. The van der Waals surface area contributed by atoms with Crippen molar-refractivity contribution in [3.05, 3.63) is 94.2 Å². The summed E-state index contributed by atoms with van der Waals surface area (Å²) in [5.41, 5.74) is 2.14. The molecule has 0 saturated carbocycles. The SMILES string of the molecule is O=c1c2ccccc2nc(-c2ccccc2)n1-c1cccc(Cl)c1. The van der Waals surface area contributed by atoms with Crippen LogP contribution in [0.2, 0.25) is 5.02 Å². The highest BCUT2D eigenvalue weighted by Crippen LogP contribution is 2.23. The molecule has 0 aliphatic rings. The maximum atomic E-state index is 13.1. The van der Waals surface area contributed by atoms with Gasteiger partial charge in [0.1, 0.15) is 5.82 Å². The van der Waals surface area contributed by atoms with Gasteiger partial charge in [-0.15, -0.1) is 0 Å². The highest BCUT2D eigenvalue weighted by molar-refractivity contribution is 6.30. The van der Waals surface area contributed by atoms with Gasteiger partial charge in [-0.05, 0) is 30.3 Å². The third-order valence-corrected chi connectivity index (χ3v) is 4.11. The zero-order valence-corrected chi connectivity index (χ0v) is 13.4. The van der Waals surface area contributed by atoms with Gasteiger partial charge in [0.25, 0.3) is 5.56 Å². The molecule has 0 fully saturated rings. The van der Waals surface area contributed by atoms with Crippen LogP contribution in [0.25, 0.3) is 28.0 Å². The Bertz CT molecular complexity index is 1090. The molecule has 4 aromatic rings. The maximum Gasteiger partial charge on any atom is 0.266 e. The van der Waals surface area contributed by atoms with E-state index in [1.807, 2.05) is 60.7 Å². The monoisotopic (exact) mass is 332 g/mol. The van der Waals surface area contributed by atoms with Crippen LogP contribution in [0.5, 0.6) is 0 Å². The Morgan fingerprint density at radius 1 is 0.833 bits per heavy atom. The van der Waals surface area contributed by atoms with Gasteiger partial charge in [0.15, 0.2) is 0 Å². The molecule has 24 heavy (non-hydrogen) atoms. The van der Waals surface area contributed by atoms with E-state index in [2.05, 4.69) is 0 Å². The minimum absolute atomic E-state index is 0.110. The van der Waals surface area contributed by atoms with E-state index in [9.17, 15) is 4.79 Å². The Labute approximate surface area is 143 Å². The van der Waals surface area contributed by atoms with Gasteiger partial charge in [0.05, 0.1) is 16.6 Å². The number of nitrogens with zero attached hydrogens (tertiary/aromatic N) is 2. The molecule has 1 heterocycles. The van der Waals surface area contributed by atoms with Crippen LogP contribution in [0.1, 0.15) is 0 Å². The molecular formula is C20H13ClN2O. The number of para-hydroxylation sites is 1. The van der Waals surface area contributed by atoms with E-state index < -0.39 is 0 Å². The normalized spacial score (nSPS) is 10.9. The fourth-order valence-corrected chi connectivity index (χ4v) is 2.95. The molecule has 0 amide bonds. The van der Waals surface area contributed by atoms with Crippen molar-refractivity contribution in [1.29, 1.82) is 0 Å². The fourth-order valence-electron chi connectivity index (χ4n) is 2.77. The van der Waals surface area contributed by atoms with Crippen molar-refractivity contribution >= 4 is 22.5 Å². The molecule has 0 saturated heterocycles. The average Bonchev–Trinajstić information content (AvgIpc) is 2.62. The predicted octanol–water partition coefficient (Wildman–Crippen LogP) is 4.71. The molecule has 1 aromatic heterocycles. The summed E-state index contributed by atoms with van der Waals surface area (Å²) in [7, 11) is 0. The Kier molecular flexibility index (Phi) is 3.63. The number of aromatic nitrogens is 2. The molecule has 0 aliphatic carbocycles. The van der Waals surface area contributed by atoms with Gasteiger partial charge < -0.3 is 0 Å². The van der Waals surface area contributed by atoms with Crippen LogP contribution in [-0.4, -0.2) is 9.55 Å². The molecule has 4 heteroatoms. The Morgan fingerprint density at radius 2 is 1.58 bits per heavy atom. The highest BCUT2D eigenvalue weighted by Gasteiger charge is 2.14. The highest BCUT2D eigenvalue weighted by atomic mass is 35.5. The zero-order chi connectivity index (χ0) is 16.5. The van der Waals surface area contributed by atoms with Gasteiger partial charge >= 0.3 is 0 Å². The lowest BCUT2D eigenvalue weighted by Gasteiger charge is -2.14. The fraction of sp³-hybridized carbons (Fsp3) is 0. The summed E-state index contributed by atoms with van der Waals surface area (Å²) in [6, 6.07) is 24.3. The second-order valence-electron chi connectivity index (χ2n) is 5.44. The molecule has 3 aromatic carbocycles. The van der Waals surface area contributed by atoms with Crippen molar-refractivity contribution < 1.29 is 0 Å². The standard InChI is InChI=1S/C20H13ClN2O/c21-15-9-6-10-16(13-15)23-19(14-7-2-1-3-8-14)22-18-12-5-4-11-17(18)20(23)24/h1-13H. The van der Waals surface area contributed by atoms with Crippen LogP contribution in [0.15, 0.2) is 83.7 Å². The topological polar surface area (TPSA) is 34.9 Å². The molecule has 0 radical (unpaired) electrons. The van der Waals surface area contributed by atoms with Gasteiger partial charge in [-0.3, -0.25) is 9.36 Å². The summed E-state index contributed by atoms with van der Waals surface area (Å²) in [6.45, 7) is 0. The van der Waals surface area contributed by atoms with E-state index in [1.54, 1.807) is 22.8 Å². The number of hydrogen-bond donors (Lipinski definition) is 0. The summed E-state index contributed by atoms with van der Waals surface area (Å²) >= 11 is 6.13. The molecule has 0 bridgehead atoms. The first-order valence-electron chi connectivity index (χ1n) is 7.57. The third-order valence-electron chi connectivity index (χ3n) is 3.87. The van der Waals surface area contributed by atoms with Crippen molar-refractivity contribution in [2.45, 2.75) is 0 Å². The first-order chi connectivity index (χ1) is 11.7. The second kappa shape index (κ2) is 5.95. The number of benzene rings is 3. The Morgan fingerprint density at radius 3 is 2.38 bits per heavy atom. The summed E-state index contributed by atoms with van der Waals surface area (Å²) < 4.78 is 1.61.